The molecular weight excluding hydrogens is 530 g/mol. The summed E-state index contributed by atoms with van der Waals surface area (Å²) in [7, 11) is 1.29. The Hall–Kier alpha value is -3.73. The number of carbonyl (C=O) groups excluding carboxylic acids is 1. The molecule has 0 aliphatic carbocycles. The summed E-state index contributed by atoms with van der Waals surface area (Å²) in [5, 5.41) is 9.70. The van der Waals surface area contributed by atoms with Gasteiger partial charge in [0.2, 0.25) is 0 Å². The van der Waals surface area contributed by atoms with Gasteiger partial charge in [0.05, 0.1) is 13.5 Å². The van der Waals surface area contributed by atoms with Crippen LogP contribution in [0.15, 0.2) is 72.8 Å². The number of alkyl halides is 6. The second-order valence-corrected chi connectivity index (χ2v) is 8.82. The molecule has 0 amide bonds. The number of methoxy groups -OCH3 is 1. The molecule has 0 aromatic heterocycles. The van der Waals surface area contributed by atoms with E-state index in [4.69, 9.17) is 9.47 Å². The summed E-state index contributed by atoms with van der Waals surface area (Å²) in [6.07, 6.45) is -12.3. The third-order valence-corrected chi connectivity index (χ3v) is 5.95. The Morgan fingerprint density at radius 2 is 1.49 bits per heavy atom. The smallest absolute Gasteiger partial charge is 0.430 e. The zero-order valence-electron chi connectivity index (χ0n) is 21.0. The van der Waals surface area contributed by atoms with E-state index in [9.17, 15) is 36.2 Å². The number of aryl methyl sites for hydroxylation is 1. The highest BCUT2D eigenvalue weighted by Crippen LogP contribution is 2.50. The minimum Gasteiger partial charge on any atom is -0.490 e. The normalized spacial score (nSPS) is 13.1. The van der Waals surface area contributed by atoms with Crippen LogP contribution in [-0.4, -0.2) is 43.2 Å². The summed E-state index contributed by atoms with van der Waals surface area (Å²) >= 11 is 0. The molecule has 11 heteroatoms. The Balaban J connectivity index is 1.82. The Labute approximate surface area is 220 Å². The molecule has 1 atom stereocenters. The average molecular weight is 556 g/mol. The minimum absolute atomic E-state index is 0.0124. The molecule has 0 saturated carbocycles. The molecule has 0 aliphatic rings. The first kappa shape index (κ1) is 29.8. The highest BCUT2D eigenvalue weighted by molar-refractivity contribution is 5.72. The van der Waals surface area contributed by atoms with E-state index in [1.165, 1.54) is 14.0 Å². The SMILES string of the molecule is COC(=O)Cc1ccc(OC[C@H](Cc2ccccc2)Oc2ccc(C(O)(C(F)(F)F)C(F)(F)F)cc2C)cc1. The molecule has 0 aliphatic heterocycles. The van der Waals surface area contributed by atoms with Crippen LogP contribution in [0, 0.1) is 6.92 Å². The molecule has 3 rings (SSSR count). The Morgan fingerprint density at radius 3 is 2.03 bits per heavy atom. The van der Waals surface area contributed by atoms with Gasteiger partial charge in [-0.1, -0.05) is 48.5 Å². The van der Waals surface area contributed by atoms with Crippen molar-refractivity contribution < 1.29 is 50.5 Å². The molecule has 1 N–H and O–H groups in total. The van der Waals surface area contributed by atoms with E-state index in [1.807, 2.05) is 30.3 Å². The van der Waals surface area contributed by atoms with E-state index in [0.29, 0.717) is 29.9 Å². The molecule has 3 aromatic carbocycles. The molecule has 0 fully saturated rings. The van der Waals surface area contributed by atoms with Crippen molar-refractivity contribution in [3.8, 4) is 11.5 Å². The predicted octanol–water partition coefficient (Wildman–Crippen LogP) is 6.09. The number of hydrogen-bond acceptors (Lipinski definition) is 5. The van der Waals surface area contributed by atoms with Gasteiger partial charge in [0.15, 0.2) is 0 Å². The molecule has 0 spiro atoms. The Kier molecular flexibility index (Phi) is 9.16. The lowest BCUT2D eigenvalue weighted by Crippen LogP contribution is -2.53. The van der Waals surface area contributed by atoms with Crippen LogP contribution in [-0.2, 0) is 28.0 Å². The van der Waals surface area contributed by atoms with Crippen LogP contribution >= 0.6 is 0 Å². The van der Waals surface area contributed by atoms with Crippen molar-refractivity contribution in [2.75, 3.05) is 13.7 Å². The first-order chi connectivity index (χ1) is 18.2. The van der Waals surface area contributed by atoms with E-state index < -0.39 is 35.6 Å². The lowest BCUT2D eigenvalue weighted by molar-refractivity contribution is -0.376. The average Bonchev–Trinajstić information content (AvgIpc) is 2.88. The van der Waals surface area contributed by atoms with Crippen molar-refractivity contribution in [3.63, 3.8) is 0 Å². The van der Waals surface area contributed by atoms with Gasteiger partial charge in [-0.15, -0.1) is 0 Å². The van der Waals surface area contributed by atoms with Crippen LogP contribution < -0.4 is 9.47 Å². The quantitative estimate of drug-likeness (QED) is 0.242. The molecule has 39 heavy (non-hydrogen) atoms. The third kappa shape index (κ3) is 7.23. The maximum Gasteiger partial charge on any atom is 0.430 e. The molecule has 3 aromatic rings. The molecule has 0 unspecified atom stereocenters. The number of carbonyl (C=O) groups is 1. The van der Waals surface area contributed by atoms with E-state index in [1.54, 1.807) is 24.3 Å². The zero-order valence-corrected chi connectivity index (χ0v) is 21.0. The molecule has 0 heterocycles. The van der Waals surface area contributed by atoms with Crippen LogP contribution in [0.1, 0.15) is 22.3 Å². The summed E-state index contributed by atoms with van der Waals surface area (Å²) in [4.78, 5) is 11.4. The number of esters is 1. The van der Waals surface area contributed by atoms with Crippen LogP contribution in [0.2, 0.25) is 0 Å². The van der Waals surface area contributed by atoms with Gasteiger partial charge in [0, 0.05) is 12.0 Å². The summed E-state index contributed by atoms with van der Waals surface area (Å²) < 4.78 is 96.2. The maximum atomic E-state index is 13.3. The topological polar surface area (TPSA) is 65.0 Å². The molecule has 0 saturated heterocycles. The fourth-order valence-corrected chi connectivity index (χ4v) is 3.82. The third-order valence-electron chi connectivity index (χ3n) is 5.95. The van der Waals surface area contributed by atoms with E-state index >= 15 is 0 Å². The van der Waals surface area contributed by atoms with Crippen molar-refractivity contribution in [2.24, 2.45) is 0 Å². The van der Waals surface area contributed by atoms with Crippen molar-refractivity contribution in [1.82, 2.24) is 0 Å². The first-order valence-corrected chi connectivity index (χ1v) is 11.7. The summed E-state index contributed by atoms with van der Waals surface area (Å²) in [5.74, 6) is 0.0893. The largest absolute Gasteiger partial charge is 0.490 e. The lowest BCUT2D eigenvalue weighted by atomic mass is 9.91. The number of rotatable bonds is 10. The second kappa shape index (κ2) is 12.0. The standard InChI is InChI=1S/C28H26F6O5/c1-18-14-21(26(36,27(29,30)31)28(32,33)34)10-13-24(18)39-23(15-19-6-4-3-5-7-19)17-38-22-11-8-20(9-12-22)16-25(35)37-2/h3-14,23,36H,15-17H2,1-2H3/t23-/m0/s1. The number of aliphatic hydroxyl groups is 1. The van der Waals surface area contributed by atoms with E-state index in [2.05, 4.69) is 4.74 Å². The highest BCUT2D eigenvalue weighted by Gasteiger charge is 2.71. The van der Waals surface area contributed by atoms with Gasteiger partial charge in [0.25, 0.3) is 5.60 Å². The molecule has 5 nitrogen and oxygen atoms in total. The second-order valence-electron chi connectivity index (χ2n) is 8.82. The van der Waals surface area contributed by atoms with Crippen LogP contribution in [0.3, 0.4) is 0 Å². The minimum atomic E-state index is -5.99. The number of halogens is 6. The number of ether oxygens (including phenoxy) is 3. The molecular formula is C28H26F6O5. The van der Waals surface area contributed by atoms with Crippen molar-refractivity contribution >= 4 is 5.97 Å². The van der Waals surface area contributed by atoms with E-state index in [0.717, 1.165) is 11.6 Å². The molecule has 0 radical (unpaired) electrons. The van der Waals surface area contributed by atoms with Gasteiger partial charge in [-0.05, 0) is 47.9 Å². The van der Waals surface area contributed by atoms with Gasteiger partial charge in [-0.25, -0.2) is 0 Å². The van der Waals surface area contributed by atoms with Gasteiger partial charge in [-0.2, -0.15) is 26.3 Å². The van der Waals surface area contributed by atoms with E-state index in [-0.39, 0.29) is 24.3 Å². The fraction of sp³-hybridized carbons (Fsp3) is 0.321. The summed E-state index contributed by atoms with van der Waals surface area (Å²) in [6, 6.07) is 17.9. The van der Waals surface area contributed by atoms with Crippen molar-refractivity contribution in [3.05, 3.63) is 95.1 Å². The van der Waals surface area contributed by atoms with Gasteiger partial charge < -0.3 is 19.3 Å². The van der Waals surface area contributed by atoms with Crippen LogP contribution in [0.25, 0.3) is 0 Å². The summed E-state index contributed by atoms with van der Waals surface area (Å²) in [5.41, 5.74) is -4.87. The van der Waals surface area contributed by atoms with Crippen LogP contribution in [0.4, 0.5) is 26.3 Å². The maximum absolute atomic E-state index is 13.3. The lowest BCUT2D eigenvalue weighted by Gasteiger charge is -2.33. The van der Waals surface area contributed by atoms with Crippen LogP contribution in [0.5, 0.6) is 11.5 Å². The number of benzene rings is 3. The van der Waals surface area contributed by atoms with Gasteiger partial charge in [-0.3, -0.25) is 4.79 Å². The fourth-order valence-electron chi connectivity index (χ4n) is 3.82. The Bertz CT molecular complexity index is 1230. The molecule has 210 valence electrons. The Morgan fingerprint density at radius 1 is 0.872 bits per heavy atom. The first-order valence-electron chi connectivity index (χ1n) is 11.7. The van der Waals surface area contributed by atoms with Crippen molar-refractivity contribution in [1.29, 1.82) is 0 Å². The van der Waals surface area contributed by atoms with Gasteiger partial charge >= 0.3 is 18.3 Å². The highest BCUT2D eigenvalue weighted by atomic mass is 19.4. The monoisotopic (exact) mass is 556 g/mol. The summed E-state index contributed by atoms with van der Waals surface area (Å²) in [6.45, 7) is 1.27. The molecule has 0 bridgehead atoms. The predicted molar refractivity (Wildman–Crippen MR) is 129 cm³/mol. The van der Waals surface area contributed by atoms with Gasteiger partial charge in [0.1, 0.15) is 24.2 Å². The zero-order chi connectivity index (χ0) is 28.8. The van der Waals surface area contributed by atoms with Crippen molar-refractivity contribution in [2.45, 2.75) is 43.8 Å². The number of hydrogen-bond donors (Lipinski definition) is 1.